The Morgan fingerprint density at radius 2 is 1.73 bits per heavy atom. The predicted molar refractivity (Wildman–Crippen MR) is 71.6 cm³/mol. The number of aromatic nitrogens is 1. The van der Waals surface area contributed by atoms with Crippen LogP contribution < -0.4 is 4.57 Å². The molecule has 1 aromatic heterocycles. The van der Waals surface area contributed by atoms with Gasteiger partial charge in [0.2, 0.25) is 5.90 Å². The number of halogens is 3. The molecule has 2 rings (SSSR count). The van der Waals surface area contributed by atoms with Crippen molar-refractivity contribution in [2.45, 2.75) is 6.18 Å². The van der Waals surface area contributed by atoms with E-state index in [1.807, 2.05) is 0 Å². The number of carbonyl (C=O) groups is 1. The van der Waals surface area contributed by atoms with Crippen molar-refractivity contribution in [3.63, 3.8) is 0 Å². The van der Waals surface area contributed by atoms with Gasteiger partial charge in [-0.2, -0.15) is 13.2 Å². The SMILES string of the molecule is COC(=N)c1cc[n+](C(=O)c2ccccc2C(F)(F)F)cc1. The number of nitrogens with zero attached hydrogens (tertiary/aromatic N) is 1. The molecule has 0 bridgehead atoms. The number of ether oxygens (including phenoxy) is 1. The van der Waals surface area contributed by atoms with Gasteiger partial charge in [-0.25, -0.2) is 4.79 Å². The maximum atomic E-state index is 12.9. The second-order valence-electron chi connectivity index (χ2n) is 4.38. The molecule has 7 heteroatoms. The summed E-state index contributed by atoms with van der Waals surface area (Å²) in [5.74, 6) is -0.904. The van der Waals surface area contributed by atoms with Gasteiger partial charge >= 0.3 is 12.1 Å². The van der Waals surface area contributed by atoms with Crippen LogP contribution in [0.5, 0.6) is 0 Å². The normalized spacial score (nSPS) is 11.1. The largest absolute Gasteiger partial charge is 0.481 e. The number of pyridine rings is 1. The first-order valence-corrected chi connectivity index (χ1v) is 6.19. The van der Waals surface area contributed by atoms with E-state index in [4.69, 9.17) is 10.1 Å². The fourth-order valence-corrected chi connectivity index (χ4v) is 1.89. The number of hydrogen-bond acceptors (Lipinski definition) is 3. The van der Waals surface area contributed by atoms with Gasteiger partial charge in [0.05, 0.1) is 12.7 Å². The number of alkyl halides is 3. The topological polar surface area (TPSA) is 54.0 Å². The lowest BCUT2D eigenvalue weighted by molar-refractivity contribution is -0.570. The van der Waals surface area contributed by atoms with Gasteiger partial charge in [0.25, 0.3) is 0 Å². The molecule has 0 radical (unpaired) electrons. The van der Waals surface area contributed by atoms with E-state index in [0.717, 1.165) is 16.7 Å². The fourth-order valence-electron chi connectivity index (χ4n) is 1.89. The van der Waals surface area contributed by atoms with E-state index in [-0.39, 0.29) is 5.90 Å². The van der Waals surface area contributed by atoms with E-state index in [1.54, 1.807) is 0 Å². The molecule has 0 saturated heterocycles. The summed E-state index contributed by atoms with van der Waals surface area (Å²) in [4.78, 5) is 12.2. The third-order valence-electron chi connectivity index (χ3n) is 2.99. The van der Waals surface area contributed by atoms with Crippen molar-refractivity contribution in [2.24, 2.45) is 0 Å². The van der Waals surface area contributed by atoms with E-state index in [1.165, 1.54) is 43.8 Å². The Bertz CT molecular complexity index is 709. The number of nitrogens with one attached hydrogen (secondary N) is 1. The molecule has 0 unspecified atom stereocenters. The zero-order chi connectivity index (χ0) is 16.3. The van der Waals surface area contributed by atoms with Crippen LogP contribution in [-0.4, -0.2) is 18.9 Å². The molecule has 2 aromatic rings. The zero-order valence-electron chi connectivity index (χ0n) is 11.5. The van der Waals surface area contributed by atoms with Crippen LogP contribution in [0, 0.1) is 5.41 Å². The molecule has 0 amide bonds. The molecular formula is C15H12F3N2O2+. The molecule has 0 atom stereocenters. The molecule has 22 heavy (non-hydrogen) atoms. The highest BCUT2D eigenvalue weighted by Crippen LogP contribution is 2.31. The van der Waals surface area contributed by atoms with E-state index in [2.05, 4.69) is 0 Å². The molecule has 1 aromatic carbocycles. The summed E-state index contributed by atoms with van der Waals surface area (Å²) in [5.41, 5.74) is -1.01. The highest BCUT2D eigenvalue weighted by atomic mass is 19.4. The van der Waals surface area contributed by atoms with E-state index >= 15 is 0 Å². The average molecular weight is 309 g/mol. The third kappa shape index (κ3) is 3.13. The van der Waals surface area contributed by atoms with Crippen LogP contribution in [0.15, 0.2) is 48.8 Å². The quantitative estimate of drug-likeness (QED) is 0.527. The summed E-state index contributed by atoms with van der Waals surface area (Å²) in [7, 11) is 1.33. The molecule has 0 fully saturated rings. The Hall–Kier alpha value is -2.70. The van der Waals surface area contributed by atoms with Crippen molar-refractivity contribution in [1.29, 1.82) is 5.41 Å². The van der Waals surface area contributed by atoms with Crippen LogP contribution in [0.2, 0.25) is 0 Å². The van der Waals surface area contributed by atoms with E-state index < -0.39 is 23.2 Å². The van der Waals surface area contributed by atoms with Crippen LogP contribution in [0.1, 0.15) is 21.5 Å². The molecule has 114 valence electrons. The second kappa shape index (κ2) is 5.97. The Kier molecular flexibility index (Phi) is 4.25. The van der Waals surface area contributed by atoms with Crippen molar-refractivity contribution < 1.29 is 27.3 Å². The summed E-state index contributed by atoms with van der Waals surface area (Å²) in [6.45, 7) is 0. The van der Waals surface area contributed by atoms with Crippen LogP contribution >= 0.6 is 0 Å². The van der Waals surface area contributed by atoms with Gasteiger partial charge in [-0.15, -0.1) is 4.57 Å². The summed E-state index contributed by atoms with van der Waals surface area (Å²) in [5, 5.41) is 7.47. The van der Waals surface area contributed by atoms with E-state index in [0.29, 0.717) is 5.56 Å². The first-order valence-electron chi connectivity index (χ1n) is 6.19. The Labute approximate surface area is 124 Å². The Morgan fingerprint density at radius 3 is 2.27 bits per heavy atom. The minimum Gasteiger partial charge on any atom is -0.481 e. The smallest absolute Gasteiger partial charge is 0.425 e. The number of hydrogen-bond donors (Lipinski definition) is 1. The van der Waals surface area contributed by atoms with Crippen molar-refractivity contribution in [3.05, 3.63) is 65.5 Å². The summed E-state index contributed by atoms with van der Waals surface area (Å²) in [6, 6.07) is 7.43. The predicted octanol–water partition coefficient (Wildman–Crippen LogP) is 2.65. The van der Waals surface area contributed by atoms with Gasteiger partial charge in [-0.3, -0.25) is 5.41 Å². The highest BCUT2D eigenvalue weighted by Gasteiger charge is 2.37. The monoisotopic (exact) mass is 309 g/mol. The standard InChI is InChI=1S/C15H12F3N2O2/c1-22-13(19)10-6-8-20(9-7-10)14(21)11-4-2-3-5-12(11)15(16,17)18/h2-9,19H,1H3/q+1. The number of carbonyl (C=O) groups excluding carboxylic acids is 1. The first kappa shape index (κ1) is 15.7. The van der Waals surface area contributed by atoms with Crippen LogP contribution in [-0.2, 0) is 10.9 Å². The van der Waals surface area contributed by atoms with Crippen molar-refractivity contribution in [3.8, 4) is 0 Å². The van der Waals surface area contributed by atoms with E-state index in [9.17, 15) is 18.0 Å². The fraction of sp³-hybridized carbons (Fsp3) is 0.133. The molecule has 4 nitrogen and oxygen atoms in total. The maximum Gasteiger partial charge on any atom is 0.425 e. The van der Waals surface area contributed by atoms with Crippen molar-refractivity contribution in [2.75, 3.05) is 7.11 Å². The number of methoxy groups -OCH3 is 1. The number of rotatable bonds is 2. The average Bonchev–Trinajstić information content (AvgIpc) is 2.52. The molecule has 0 saturated carbocycles. The van der Waals surface area contributed by atoms with Crippen molar-refractivity contribution in [1.82, 2.24) is 0 Å². The highest BCUT2D eigenvalue weighted by molar-refractivity contribution is 5.92. The minimum absolute atomic E-state index is 0.102. The van der Waals surface area contributed by atoms with Gasteiger partial charge in [0, 0.05) is 17.7 Å². The molecule has 0 aliphatic carbocycles. The lowest BCUT2D eigenvalue weighted by Crippen LogP contribution is -2.43. The summed E-state index contributed by atoms with van der Waals surface area (Å²) in [6.07, 6.45) is -2.03. The Morgan fingerprint density at radius 1 is 1.14 bits per heavy atom. The molecular weight excluding hydrogens is 297 g/mol. The molecule has 1 heterocycles. The first-order chi connectivity index (χ1) is 10.3. The molecule has 0 spiro atoms. The summed E-state index contributed by atoms with van der Waals surface area (Å²) < 4.78 is 44.6. The Balaban J connectivity index is 2.39. The zero-order valence-corrected chi connectivity index (χ0v) is 11.5. The lowest BCUT2D eigenvalue weighted by atomic mass is 10.1. The van der Waals surface area contributed by atoms with Crippen LogP contribution in [0.25, 0.3) is 0 Å². The minimum atomic E-state index is -4.61. The maximum absolute atomic E-state index is 12.9. The van der Waals surface area contributed by atoms with Crippen molar-refractivity contribution >= 4 is 11.8 Å². The molecule has 0 aliphatic heterocycles. The lowest BCUT2D eigenvalue weighted by Gasteiger charge is -2.09. The van der Waals surface area contributed by atoms with Gasteiger partial charge in [-0.05, 0) is 12.1 Å². The van der Waals surface area contributed by atoms with Crippen LogP contribution in [0.3, 0.4) is 0 Å². The second-order valence-corrected chi connectivity index (χ2v) is 4.38. The number of benzene rings is 1. The van der Waals surface area contributed by atoms with Gasteiger partial charge in [-0.1, -0.05) is 12.1 Å². The summed E-state index contributed by atoms with van der Waals surface area (Å²) >= 11 is 0. The van der Waals surface area contributed by atoms with Gasteiger partial charge in [0.1, 0.15) is 5.56 Å². The van der Waals surface area contributed by atoms with Gasteiger partial charge < -0.3 is 4.74 Å². The molecule has 0 aliphatic rings. The van der Waals surface area contributed by atoms with Crippen LogP contribution in [0.4, 0.5) is 13.2 Å². The molecule has 1 N–H and O–H groups in total. The van der Waals surface area contributed by atoms with Gasteiger partial charge in [0.15, 0.2) is 12.4 Å². The third-order valence-corrected chi connectivity index (χ3v) is 2.99.